The third-order valence-electron chi connectivity index (χ3n) is 6.62. The molecule has 0 atom stereocenters. The molecule has 0 saturated carbocycles. The minimum atomic E-state index is -0.845. The van der Waals surface area contributed by atoms with Crippen molar-refractivity contribution in [3.63, 3.8) is 0 Å². The number of nitro groups is 2. The van der Waals surface area contributed by atoms with Gasteiger partial charge in [-0.2, -0.15) is 6.07 Å². The molecule has 4 rings (SSSR count). The van der Waals surface area contributed by atoms with E-state index in [9.17, 15) is 29.8 Å². The average Bonchev–Trinajstić information content (AvgIpc) is 3.00. The van der Waals surface area contributed by atoms with Crippen molar-refractivity contribution in [2.45, 2.75) is 20.8 Å². The first kappa shape index (κ1) is 37.3. The second-order valence-corrected chi connectivity index (χ2v) is 9.39. The Labute approximate surface area is 310 Å². The molecule has 0 heterocycles. The molecule has 2 radical (unpaired) electrons. The molecule has 0 aliphatic carbocycles. The van der Waals surface area contributed by atoms with Crippen molar-refractivity contribution in [3.8, 4) is 23.7 Å². The van der Waals surface area contributed by atoms with Crippen LogP contribution in [0.2, 0.25) is 0 Å². The molecule has 0 bridgehead atoms. The normalized spacial score (nSPS) is 10.3. The molecule has 4 aromatic carbocycles. The fourth-order valence-electron chi connectivity index (χ4n) is 4.10. The van der Waals surface area contributed by atoms with Gasteiger partial charge in [0.15, 0.2) is 0 Å². The van der Waals surface area contributed by atoms with Gasteiger partial charge in [-0.25, -0.2) is 23.8 Å². The van der Waals surface area contributed by atoms with Crippen LogP contribution in [0.3, 0.4) is 0 Å². The zero-order valence-electron chi connectivity index (χ0n) is 24.3. The third kappa shape index (κ3) is 9.30. The summed E-state index contributed by atoms with van der Waals surface area (Å²) in [5.41, 5.74) is 4.95. The molecule has 45 heavy (non-hydrogen) atoms. The van der Waals surface area contributed by atoms with E-state index in [0.29, 0.717) is 16.7 Å². The van der Waals surface area contributed by atoms with E-state index in [1.165, 1.54) is 23.8 Å². The smallest absolute Gasteiger partial charge is 0.347 e. The maximum atomic E-state index is 11.9. The predicted octanol–water partition coefficient (Wildman–Crippen LogP) is 5.95. The largest absolute Gasteiger partial charge is 0.391 e. The van der Waals surface area contributed by atoms with Crippen molar-refractivity contribution >= 4 is 35.1 Å². The number of carbonyl (C=O) groups excluding carboxylic acids is 2. The van der Waals surface area contributed by atoms with E-state index in [0.717, 1.165) is 28.8 Å². The molecule has 0 aliphatic rings. The molecule has 0 spiro atoms. The molecule has 0 N–H and O–H groups in total. The van der Waals surface area contributed by atoms with E-state index in [2.05, 4.69) is 42.7 Å². The van der Waals surface area contributed by atoms with Crippen LogP contribution in [-0.2, 0) is 75.0 Å². The van der Waals surface area contributed by atoms with E-state index in [1.54, 1.807) is 36.8 Å². The number of aryl methyl sites for hydroxylation is 2. The number of hydrogen-bond donors (Lipinski definition) is 0. The summed E-state index contributed by atoms with van der Waals surface area (Å²) in [5, 5.41) is 22.2. The second kappa shape index (κ2) is 17.0. The van der Waals surface area contributed by atoms with Crippen molar-refractivity contribution in [1.82, 2.24) is 0 Å². The van der Waals surface area contributed by atoms with E-state index in [4.69, 9.17) is 0 Å². The van der Waals surface area contributed by atoms with Gasteiger partial charge in [-0.3, -0.25) is 36.9 Å². The Balaban J connectivity index is 0.00000353. The van der Waals surface area contributed by atoms with Gasteiger partial charge in [-0.15, -0.1) is 36.1 Å². The molecule has 0 fully saturated rings. The fourth-order valence-corrected chi connectivity index (χ4v) is 4.10. The molecular weight excluding hydrogens is 722 g/mol. The van der Waals surface area contributed by atoms with E-state index in [-0.39, 0.29) is 87.7 Å². The topological polar surface area (TPSA) is 120 Å². The van der Waals surface area contributed by atoms with E-state index >= 15 is 0 Å². The number of allylic oxidation sites excluding steroid dienone is 2. The Hall–Kier alpha value is -3.91. The van der Waals surface area contributed by atoms with Gasteiger partial charge in [0.2, 0.25) is 0 Å². The Bertz CT molecular complexity index is 1920. The Morgan fingerprint density at radius 1 is 0.622 bits per heavy atom. The van der Waals surface area contributed by atoms with E-state index in [1.807, 2.05) is 26.0 Å². The Kier molecular flexibility index (Phi) is 14.1. The maximum absolute atomic E-state index is 11.9. The first-order valence-electron chi connectivity index (χ1n) is 12.7. The Morgan fingerprint density at radius 2 is 1.04 bits per heavy atom. The van der Waals surface area contributed by atoms with Crippen LogP contribution in [0.1, 0.15) is 50.1 Å². The van der Waals surface area contributed by atoms with Gasteiger partial charge in [-0.05, 0) is 61.9 Å². The number of benzene rings is 4. The molecular formula is C35H20N2O6Y2-4. The fraction of sp³-hybridized carbons (Fsp3) is 0.0857. The van der Waals surface area contributed by atoms with Gasteiger partial charge in [-0.1, -0.05) is 23.0 Å². The van der Waals surface area contributed by atoms with Gasteiger partial charge in [0.1, 0.15) is 0 Å². The summed E-state index contributed by atoms with van der Waals surface area (Å²) in [4.78, 5) is 44.3. The molecule has 0 aliphatic heterocycles. The molecule has 0 aromatic heterocycles. The summed E-state index contributed by atoms with van der Waals surface area (Å²) in [6, 6.07) is 22.8. The van der Waals surface area contributed by atoms with Crippen molar-refractivity contribution in [1.29, 1.82) is 0 Å². The van der Waals surface area contributed by atoms with Gasteiger partial charge in [0, 0.05) is 95.0 Å². The molecule has 216 valence electrons. The third-order valence-corrected chi connectivity index (χ3v) is 6.62. The summed E-state index contributed by atoms with van der Waals surface area (Å²) in [5.74, 6) is 11.7. The minimum Gasteiger partial charge on any atom is -0.391 e. The van der Waals surface area contributed by atoms with Crippen LogP contribution in [-0.4, -0.2) is 22.4 Å². The standard InChI is InChI=1S/C35H20N2O6.2Y/c1-23-18-29(19-24(2)25(23)3)7-5-27-10-15-31(16-11-27)33(22-39)32(21-38)30-13-8-26(9-14-30)4-6-28-12-17-34(36(40)41)35(20-28)37(42)43;;/h8-13,15,17-20H,1-3H3;;/q-4;;/b33-32+;;. The van der Waals surface area contributed by atoms with Crippen molar-refractivity contribution in [2.24, 2.45) is 0 Å². The van der Waals surface area contributed by atoms with Crippen LogP contribution in [0.25, 0.3) is 11.1 Å². The maximum Gasteiger partial charge on any atom is 0.347 e. The second-order valence-electron chi connectivity index (χ2n) is 9.39. The van der Waals surface area contributed by atoms with Gasteiger partial charge < -0.3 is 9.59 Å². The van der Waals surface area contributed by atoms with Gasteiger partial charge in [0.05, 0.1) is 9.85 Å². The first-order valence-corrected chi connectivity index (χ1v) is 12.7. The molecule has 4 aromatic rings. The van der Waals surface area contributed by atoms with Gasteiger partial charge >= 0.3 is 11.4 Å². The first-order chi connectivity index (χ1) is 20.6. The van der Waals surface area contributed by atoms with Crippen LogP contribution < -0.4 is 0 Å². The predicted molar refractivity (Wildman–Crippen MR) is 161 cm³/mol. The molecule has 0 unspecified atom stereocenters. The monoisotopic (exact) mass is 742 g/mol. The van der Waals surface area contributed by atoms with E-state index < -0.39 is 21.2 Å². The van der Waals surface area contributed by atoms with Crippen LogP contribution in [0, 0.1) is 76.8 Å². The van der Waals surface area contributed by atoms with Crippen LogP contribution in [0.15, 0.2) is 66.7 Å². The summed E-state index contributed by atoms with van der Waals surface area (Å²) < 4.78 is 0. The quantitative estimate of drug-likeness (QED) is 0.0602. The molecule has 0 amide bonds. The summed E-state index contributed by atoms with van der Waals surface area (Å²) >= 11 is 0. The zero-order valence-corrected chi connectivity index (χ0v) is 30.0. The zero-order chi connectivity index (χ0) is 31.1. The van der Waals surface area contributed by atoms with Gasteiger partial charge in [0.25, 0.3) is 0 Å². The summed E-state index contributed by atoms with van der Waals surface area (Å²) in [7, 11) is 0. The summed E-state index contributed by atoms with van der Waals surface area (Å²) in [6.45, 7) is 6.15. The number of hydrogen-bond acceptors (Lipinski definition) is 6. The van der Waals surface area contributed by atoms with Crippen molar-refractivity contribution in [2.75, 3.05) is 0 Å². The minimum absolute atomic E-state index is 0. The molecule has 10 heteroatoms. The number of nitrogens with zero attached hydrogens (tertiary/aromatic N) is 2. The summed E-state index contributed by atoms with van der Waals surface area (Å²) in [6.07, 6.45) is 3.59. The SMILES string of the molecule is Cc1cc(C#Cc2c[c-]c(/C([C-]=O)=C(\[C-]=O)c3[c-]cc(C#Cc4ccc([N+](=O)[O-])c([N+](=O)[O-])c4)cc3)cc2)cc(C)c1C.[Y].[Y]. The molecule has 8 nitrogen and oxygen atoms in total. The Morgan fingerprint density at radius 3 is 1.44 bits per heavy atom. The van der Waals surface area contributed by atoms with Crippen molar-refractivity contribution in [3.05, 3.63) is 149 Å². The number of rotatable bonds is 6. The van der Waals surface area contributed by atoms with Crippen LogP contribution in [0.4, 0.5) is 11.4 Å². The van der Waals surface area contributed by atoms with Crippen LogP contribution >= 0.6 is 0 Å². The van der Waals surface area contributed by atoms with Crippen LogP contribution in [0.5, 0.6) is 0 Å². The average molecular weight is 742 g/mol. The number of nitro benzene ring substituents is 2. The van der Waals surface area contributed by atoms with Crippen molar-refractivity contribution < 1.29 is 84.9 Å². The molecule has 0 saturated heterocycles.